The molecule has 2 aromatic carbocycles. The second kappa shape index (κ2) is 7.84. The highest BCUT2D eigenvalue weighted by Gasteiger charge is 2.32. The third-order valence-electron chi connectivity index (χ3n) is 5.81. The molecule has 30 heavy (non-hydrogen) atoms. The molecule has 0 aliphatic carbocycles. The summed E-state index contributed by atoms with van der Waals surface area (Å²) >= 11 is 0. The maximum absolute atomic E-state index is 13.1. The Hall–Kier alpha value is -3.32. The SMILES string of the molecule is Cc1ccc2[nH]c(=O)c(C(c3nnnn3Cc3ccccc3)N3CCCC3)cc2c1. The molecule has 1 aliphatic rings. The van der Waals surface area contributed by atoms with Gasteiger partial charge in [-0.05, 0) is 72.4 Å². The van der Waals surface area contributed by atoms with Gasteiger partial charge in [-0.15, -0.1) is 5.10 Å². The molecular formula is C23H24N6O. The van der Waals surface area contributed by atoms with Crippen molar-refractivity contribution in [3.05, 3.63) is 87.5 Å². The largest absolute Gasteiger partial charge is 0.322 e. The van der Waals surface area contributed by atoms with Gasteiger partial charge >= 0.3 is 0 Å². The van der Waals surface area contributed by atoms with Crippen molar-refractivity contribution in [3.8, 4) is 0 Å². The highest BCUT2D eigenvalue weighted by molar-refractivity contribution is 5.79. The number of aromatic nitrogens is 5. The zero-order chi connectivity index (χ0) is 20.5. The average Bonchev–Trinajstić information content (AvgIpc) is 3.43. The topological polar surface area (TPSA) is 79.7 Å². The fourth-order valence-corrected chi connectivity index (χ4v) is 4.32. The van der Waals surface area contributed by atoms with Gasteiger partial charge in [0.15, 0.2) is 5.82 Å². The Morgan fingerprint density at radius 1 is 1.07 bits per heavy atom. The zero-order valence-electron chi connectivity index (χ0n) is 17.0. The van der Waals surface area contributed by atoms with Gasteiger partial charge in [-0.3, -0.25) is 9.69 Å². The summed E-state index contributed by atoms with van der Waals surface area (Å²) in [5, 5.41) is 13.6. The number of hydrogen-bond donors (Lipinski definition) is 1. The van der Waals surface area contributed by atoms with E-state index in [9.17, 15) is 4.79 Å². The highest BCUT2D eigenvalue weighted by atomic mass is 16.1. The number of aryl methyl sites for hydroxylation is 1. The molecule has 1 saturated heterocycles. The van der Waals surface area contributed by atoms with Crippen LogP contribution in [0.3, 0.4) is 0 Å². The Balaban J connectivity index is 1.63. The lowest BCUT2D eigenvalue weighted by atomic mass is 10.0. The molecule has 0 spiro atoms. The Morgan fingerprint density at radius 3 is 2.67 bits per heavy atom. The molecule has 7 nitrogen and oxygen atoms in total. The lowest BCUT2D eigenvalue weighted by Crippen LogP contribution is -2.33. The maximum Gasteiger partial charge on any atom is 0.253 e. The second-order valence-corrected chi connectivity index (χ2v) is 7.97. The first-order valence-electron chi connectivity index (χ1n) is 10.4. The van der Waals surface area contributed by atoms with Crippen LogP contribution in [0.2, 0.25) is 0 Å². The molecule has 5 rings (SSSR count). The molecule has 1 unspecified atom stereocenters. The number of fused-ring (bicyclic) bond motifs is 1. The Labute approximate surface area is 174 Å². The van der Waals surface area contributed by atoms with E-state index in [1.54, 1.807) is 0 Å². The number of H-pyrrole nitrogens is 1. The number of nitrogens with zero attached hydrogens (tertiary/aromatic N) is 5. The minimum Gasteiger partial charge on any atom is -0.322 e. The predicted octanol–water partition coefficient (Wildman–Crippen LogP) is 3.06. The van der Waals surface area contributed by atoms with Crippen LogP contribution in [-0.4, -0.2) is 43.2 Å². The van der Waals surface area contributed by atoms with Crippen LogP contribution in [0.15, 0.2) is 59.4 Å². The van der Waals surface area contributed by atoms with Gasteiger partial charge < -0.3 is 4.98 Å². The molecule has 7 heteroatoms. The Morgan fingerprint density at radius 2 is 1.87 bits per heavy atom. The van der Waals surface area contributed by atoms with Gasteiger partial charge in [-0.2, -0.15) is 0 Å². The first kappa shape index (κ1) is 18.7. The molecule has 0 radical (unpaired) electrons. The molecule has 0 saturated carbocycles. The fraction of sp³-hybridized carbons (Fsp3) is 0.304. The molecule has 3 heterocycles. The summed E-state index contributed by atoms with van der Waals surface area (Å²) in [6, 6.07) is 17.9. The van der Waals surface area contributed by atoms with Crippen LogP contribution in [-0.2, 0) is 6.54 Å². The standard InChI is InChI=1S/C23H24N6O/c1-16-9-10-20-18(13-16)14-19(23(30)24-20)21(28-11-5-6-12-28)22-25-26-27-29(22)15-17-7-3-2-4-8-17/h2-4,7-10,13-14,21H,5-6,11-12,15H2,1H3,(H,24,30). The number of pyridine rings is 1. The summed E-state index contributed by atoms with van der Waals surface area (Å²) < 4.78 is 1.82. The number of rotatable bonds is 5. The second-order valence-electron chi connectivity index (χ2n) is 7.97. The monoisotopic (exact) mass is 400 g/mol. The van der Waals surface area contributed by atoms with Crippen molar-refractivity contribution in [1.82, 2.24) is 30.1 Å². The fourth-order valence-electron chi connectivity index (χ4n) is 4.32. The van der Waals surface area contributed by atoms with Gasteiger partial charge in [0.2, 0.25) is 0 Å². The highest BCUT2D eigenvalue weighted by Crippen LogP contribution is 2.30. The van der Waals surface area contributed by atoms with E-state index in [0.29, 0.717) is 17.9 Å². The van der Waals surface area contributed by atoms with Crippen LogP contribution in [0, 0.1) is 6.92 Å². The predicted molar refractivity (Wildman–Crippen MR) is 115 cm³/mol. The summed E-state index contributed by atoms with van der Waals surface area (Å²) in [4.78, 5) is 18.5. The van der Waals surface area contributed by atoms with Gasteiger partial charge in [-0.25, -0.2) is 4.68 Å². The molecule has 1 atom stereocenters. The van der Waals surface area contributed by atoms with Gasteiger partial charge in [0.1, 0.15) is 6.04 Å². The van der Waals surface area contributed by atoms with Crippen LogP contribution in [0.4, 0.5) is 0 Å². The number of tetrazole rings is 1. The third kappa shape index (κ3) is 3.52. The van der Waals surface area contributed by atoms with E-state index in [-0.39, 0.29) is 11.6 Å². The Kier molecular flexibility index (Phi) is 4.88. The van der Waals surface area contributed by atoms with Gasteiger partial charge in [0, 0.05) is 11.1 Å². The van der Waals surface area contributed by atoms with Crippen LogP contribution >= 0.6 is 0 Å². The molecular weight excluding hydrogens is 376 g/mol. The van der Waals surface area contributed by atoms with E-state index < -0.39 is 0 Å². The first-order chi connectivity index (χ1) is 14.7. The van der Waals surface area contributed by atoms with Gasteiger partial charge in [-0.1, -0.05) is 42.0 Å². The number of hydrogen-bond acceptors (Lipinski definition) is 5. The molecule has 152 valence electrons. The number of nitrogens with one attached hydrogen (secondary N) is 1. The zero-order valence-corrected chi connectivity index (χ0v) is 17.0. The number of likely N-dealkylation sites (tertiary alicyclic amines) is 1. The number of aromatic amines is 1. The van der Waals surface area contributed by atoms with E-state index in [1.807, 2.05) is 41.1 Å². The van der Waals surface area contributed by atoms with Crippen molar-refractivity contribution in [1.29, 1.82) is 0 Å². The third-order valence-corrected chi connectivity index (χ3v) is 5.81. The number of benzene rings is 2. The first-order valence-corrected chi connectivity index (χ1v) is 10.4. The van der Waals surface area contributed by atoms with E-state index in [4.69, 9.17) is 0 Å². The van der Waals surface area contributed by atoms with Crippen LogP contribution in [0.1, 0.15) is 41.4 Å². The molecule has 0 amide bonds. The smallest absolute Gasteiger partial charge is 0.253 e. The van der Waals surface area contributed by atoms with Gasteiger partial charge in [0.05, 0.1) is 6.54 Å². The molecule has 1 fully saturated rings. The molecule has 2 aromatic heterocycles. The lowest BCUT2D eigenvalue weighted by molar-refractivity contribution is 0.263. The normalized spacial score (nSPS) is 15.6. The van der Waals surface area contributed by atoms with Crippen molar-refractivity contribution in [2.24, 2.45) is 0 Å². The molecule has 1 N–H and O–H groups in total. The van der Waals surface area contributed by atoms with Crippen molar-refractivity contribution >= 4 is 10.9 Å². The minimum absolute atomic E-state index is 0.0856. The maximum atomic E-state index is 13.1. The van der Waals surface area contributed by atoms with Crippen LogP contribution in [0.5, 0.6) is 0 Å². The lowest BCUT2D eigenvalue weighted by Gasteiger charge is -2.26. The quantitative estimate of drug-likeness (QED) is 0.557. The van der Waals surface area contributed by atoms with Gasteiger partial charge in [0.25, 0.3) is 5.56 Å². The van der Waals surface area contributed by atoms with Crippen molar-refractivity contribution in [2.45, 2.75) is 32.4 Å². The summed E-state index contributed by atoms with van der Waals surface area (Å²) in [6.07, 6.45) is 2.22. The molecule has 4 aromatic rings. The summed E-state index contributed by atoms with van der Waals surface area (Å²) in [7, 11) is 0. The van der Waals surface area contributed by atoms with E-state index in [2.05, 4.69) is 50.5 Å². The van der Waals surface area contributed by atoms with Crippen LogP contribution < -0.4 is 5.56 Å². The summed E-state index contributed by atoms with van der Waals surface area (Å²) in [5.74, 6) is 0.707. The van der Waals surface area contributed by atoms with E-state index in [0.717, 1.165) is 48.0 Å². The van der Waals surface area contributed by atoms with Crippen molar-refractivity contribution in [2.75, 3.05) is 13.1 Å². The molecule has 0 bridgehead atoms. The van der Waals surface area contributed by atoms with Crippen molar-refractivity contribution in [3.63, 3.8) is 0 Å². The Bertz CT molecular complexity index is 1220. The van der Waals surface area contributed by atoms with E-state index >= 15 is 0 Å². The van der Waals surface area contributed by atoms with Crippen molar-refractivity contribution < 1.29 is 0 Å². The molecule has 1 aliphatic heterocycles. The summed E-state index contributed by atoms with van der Waals surface area (Å²) in [5.41, 5.74) is 3.73. The average molecular weight is 400 g/mol. The minimum atomic E-state index is -0.278. The van der Waals surface area contributed by atoms with E-state index in [1.165, 1.54) is 0 Å². The van der Waals surface area contributed by atoms with Crippen LogP contribution in [0.25, 0.3) is 10.9 Å². The summed E-state index contributed by atoms with van der Waals surface area (Å²) in [6.45, 7) is 4.48.